The van der Waals surface area contributed by atoms with E-state index in [1.54, 1.807) is 12.4 Å². The summed E-state index contributed by atoms with van der Waals surface area (Å²) in [5.41, 5.74) is 0. The molecule has 2 atom stereocenters. The highest BCUT2D eigenvalue weighted by molar-refractivity contribution is 9.10. The van der Waals surface area contributed by atoms with Gasteiger partial charge in [-0.05, 0) is 28.8 Å². The van der Waals surface area contributed by atoms with Crippen LogP contribution in [-0.4, -0.2) is 64.6 Å². The van der Waals surface area contributed by atoms with Crippen LogP contribution in [0.25, 0.3) is 0 Å². The number of aromatic nitrogens is 2. The van der Waals surface area contributed by atoms with Gasteiger partial charge in [0.25, 0.3) is 0 Å². The number of carbonyl (C=O) groups excluding carboxylic acids is 2. The summed E-state index contributed by atoms with van der Waals surface area (Å²) in [5, 5.41) is 2.89. The molecule has 2 saturated heterocycles. The minimum Gasteiger partial charge on any atom is -0.463 e. The van der Waals surface area contributed by atoms with E-state index in [1.165, 1.54) is 7.05 Å². The van der Waals surface area contributed by atoms with Crippen molar-refractivity contribution in [2.45, 2.75) is 25.4 Å². The van der Waals surface area contributed by atoms with Crippen LogP contribution in [-0.2, 0) is 4.79 Å². The third-order valence-corrected chi connectivity index (χ3v) is 4.78. The summed E-state index contributed by atoms with van der Waals surface area (Å²) in [6, 6.07) is 0.0241. The summed E-state index contributed by atoms with van der Waals surface area (Å²) in [7, 11) is 1.50. The zero-order valence-corrected chi connectivity index (χ0v) is 15.0. The Morgan fingerprint density at radius 2 is 2.12 bits per heavy atom. The zero-order chi connectivity index (χ0) is 17.1. The lowest BCUT2D eigenvalue weighted by atomic mass is 9.98. The van der Waals surface area contributed by atoms with Crippen LogP contribution >= 0.6 is 15.9 Å². The Hall–Kier alpha value is -1.74. The topological polar surface area (TPSA) is 87.7 Å². The van der Waals surface area contributed by atoms with Gasteiger partial charge in [0, 0.05) is 38.4 Å². The van der Waals surface area contributed by atoms with Gasteiger partial charge in [-0.1, -0.05) is 0 Å². The van der Waals surface area contributed by atoms with E-state index in [0.29, 0.717) is 25.0 Å². The minimum absolute atomic E-state index is 0.148. The number of imide groups is 1. The van der Waals surface area contributed by atoms with Crippen LogP contribution in [0.15, 0.2) is 16.9 Å². The van der Waals surface area contributed by atoms with Crippen LogP contribution in [0.4, 0.5) is 4.79 Å². The molecule has 3 amide bonds. The molecule has 8 nitrogen and oxygen atoms in total. The lowest BCUT2D eigenvalue weighted by Gasteiger charge is -2.40. The molecule has 3 heterocycles. The average Bonchev–Trinajstić information content (AvgIpc) is 2.59. The van der Waals surface area contributed by atoms with E-state index in [-0.39, 0.29) is 18.1 Å². The maximum Gasteiger partial charge on any atom is 0.325 e. The SMILES string of the molecule is CN1C(=O)CC(N2CCCC(COc3ncc(Br)cn3)C2)NC1=O. The summed E-state index contributed by atoms with van der Waals surface area (Å²) in [5.74, 6) is 0.169. The Kier molecular flexibility index (Phi) is 5.30. The van der Waals surface area contributed by atoms with Gasteiger partial charge in [-0.3, -0.25) is 14.6 Å². The number of ether oxygens (including phenoxy) is 1. The highest BCUT2D eigenvalue weighted by Gasteiger charge is 2.35. The Balaban J connectivity index is 1.53. The fourth-order valence-corrected chi connectivity index (χ4v) is 3.21. The van der Waals surface area contributed by atoms with Crippen LogP contribution in [0.3, 0.4) is 0 Å². The molecule has 0 saturated carbocycles. The summed E-state index contributed by atoms with van der Waals surface area (Å²) in [4.78, 5) is 35.2. The molecular weight excluding hydrogens is 378 g/mol. The van der Waals surface area contributed by atoms with Crippen molar-refractivity contribution in [3.8, 4) is 6.01 Å². The van der Waals surface area contributed by atoms with Crippen molar-refractivity contribution in [1.29, 1.82) is 0 Å². The van der Waals surface area contributed by atoms with Gasteiger partial charge in [-0.25, -0.2) is 14.8 Å². The van der Waals surface area contributed by atoms with E-state index in [1.807, 2.05) is 0 Å². The number of hydrogen-bond donors (Lipinski definition) is 1. The maximum atomic E-state index is 11.9. The normalized spacial score (nSPS) is 25.5. The Morgan fingerprint density at radius 1 is 1.38 bits per heavy atom. The van der Waals surface area contributed by atoms with Crippen molar-refractivity contribution >= 4 is 27.9 Å². The predicted molar refractivity (Wildman–Crippen MR) is 89.2 cm³/mol. The van der Waals surface area contributed by atoms with Crippen molar-refractivity contribution in [2.75, 3.05) is 26.7 Å². The molecule has 2 fully saturated rings. The number of hydrogen-bond acceptors (Lipinski definition) is 6. The largest absolute Gasteiger partial charge is 0.463 e. The predicted octanol–water partition coefficient (Wildman–Crippen LogP) is 1.23. The van der Waals surface area contributed by atoms with Crippen LogP contribution < -0.4 is 10.1 Å². The molecule has 0 aliphatic carbocycles. The Morgan fingerprint density at radius 3 is 2.83 bits per heavy atom. The smallest absolute Gasteiger partial charge is 0.325 e. The van der Waals surface area contributed by atoms with E-state index >= 15 is 0 Å². The summed E-state index contributed by atoms with van der Waals surface area (Å²) < 4.78 is 6.47. The first-order valence-electron chi connectivity index (χ1n) is 7.94. The van der Waals surface area contributed by atoms with Gasteiger partial charge in [0.2, 0.25) is 5.91 Å². The van der Waals surface area contributed by atoms with Gasteiger partial charge < -0.3 is 10.1 Å². The molecule has 1 aromatic heterocycles. The monoisotopic (exact) mass is 397 g/mol. The first-order valence-corrected chi connectivity index (χ1v) is 8.73. The number of rotatable bonds is 4. The zero-order valence-electron chi connectivity index (χ0n) is 13.4. The highest BCUT2D eigenvalue weighted by Crippen LogP contribution is 2.21. The summed E-state index contributed by atoms with van der Waals surface area (Å²) >= 11 is 3.29. The van der Waals surface area contributed by atoms with Gasteiger partial charge >= 0.3 is 12.0 Å². The van der Waals surface area contributed by atoms with E-state index in [0.717, 1.165) is 35.3 Å². The van der Waals surface area contributed by atoms with Gasteiger partial charge in [0.1, 0.15) is 0 Å². The second kappa shape index (κ2) is 7.43. The Labute approximate surface area is 148 Å². The third-order valence-electron chi connectivity index (χ3n) is 4.37. The number of urea groups is 1. The van der Waals surface area contributed by atoms with Crippen LogP contribution in [0.5, 0.6) is 6.01 Å². The van der Waals surface area contributed by atoms with Crippen LogP contribution in [0.2, 0.25) is 0 Å². The molecule has 2 aliphatic heterocycles. The maximum absolute atomic E-state index is 11.9. The van der Waals surface area contributed by atoms with Crippen LogP contribution in [0.1, 0.15) is 19.3 Å². The number of amides is 3. The van der Waals surface area contributed by atoms with Gasteiger partial charge in [0.05, 0.1) is 23.7 Å². The van der Waals surface area contributed by atoms with E-state index < -0.39 is 0 Å². The molecule has 2 unspecified atom stereocenters. The first-order chi connectivity index (χ1) is 11.5. The van der Waals surface area contributed by atoms with Crippen molar-refractivity contribution in [1.82, 2.24) is 25.1 Å². The van der Waals surface area contributed by atoms with Gasteiger partial charge in [-0.15, -0.1) is 0 Å². The van der Waals surface area contributed by atoms with Crippen molar-refractivity contribution in [2.24, 2.45) is 5.92 Å². The molecule has 0 radical (unpaired) electrons. The van der Waals surface area contributed by atoms with Crippen molar-refractivity contribution < 1.29 is 14.3 Å². The Bertz CT molecular complexity index is 594. The number of carbonyl (C=O) groups is 2. The lowest BCUT2D eigenvalue weighted by Crippen LogP contribution is -2.60. The summed E-state index contributed by atoms with van der Waals surface area (Å²) in [6.45, 7) is 2.17. The molecule has 1 N–H and O–H groups in total. The second-order valence-corrected chi connectivity index (χ2v) is 7.04. The molecule has 2 aliphatic rings. The number of halogens is 1. The van der Waals surface area contributed by atoms with Gasteiger partial charge in [0.15, 0.2) is 0 Å². The quantitative estimate of drug-likeness (QED) is 0.821. The number of piperidine rings is 1. The molecule has 24 heavy (non-hydrogen) atoms. The number of nitrogens with zero attached hydrogens (tertiary/aromatic N) is 4. The molecule has 0 aromatic carbocycles. The fraction of sp³-hybridized carbons (Fsp3) is 0.600. The van der Waals surface area contributed by atoms with E-state index in [2.05, 4.69) is 36.1 Å². The van der Waals surface area contributed by atoms with Crippen molar-refractivity contribution in [3.63, 3.8) is 0 Å². The number of nitrogens with one attached hydrogen (secondary N) is 1. The van der Waals surface area contributed by atoms with Gasteiger partial charge in [-0.2, -0.15) is 0 Å². The molecule has 1 aromatic rings. The molecule has 3 rings (SSSR count). The first kappa shape index (κ1) is 17.1. The highest BCUT2D eigenvalue weighted by atomic mass is 79.9. The lowest BCUT2D eigenvalue weighted by molar-refractivity contribution is -0.131. The fourth-order valence-electron chi connectivity index (χ4n) is 3.01. The molecule has 0 bridgehead atoms. The molecule has 9 heteroatoms. The van der Waals surface area contributed by atoms with Crippen LogP contribution in [0, 0.1) is 5.92 Å². The number of likely N-dealkylation sites (tertiary alicyclic amines) is 1. The van der Waals surface area contributed by atoms with E-state index in [4.69, 9.17) is 4.74 Å². The average molecular weight is 398 g/mol. The standard InChI is InChI=1S/C15H20BrN5O3/c1-20-13(22)5-12(19-15(20)23)21-4-2-3-10(8-21)9-24-14-17-6-11(16)7-18-14/h6-7,10,12H,2-5,8-9H2,1H3,(H,19,23). The third kappa shape index (κ3) is 4.02. The molecule has 0 spiro atoms. The molecule has 130 valence electrons. The summed E-state index contributed by atoms with van der Waals surface area (Å²) in [6.07, 6.45) is 5.43. The minimum atomic E-state index is -0.335. The second-order valence-electron chi connectivity index (χ2n) is 6.12. The molecular formula is C15H20BrN5O3. The van der Waals surface area contributed by atoms with Crippen molar-refractivity contribution in [3.05, 3.63) is 16.9 Å². The van der Waals surface area contributed by atoms with E-state index in [9.17, 15) is 9.59 Å².